The average Bonchev–Trinajstić information content (AvgIpc) is 2.96. The second kappa shape index (κ2) is 12.1. The highest BCUT2D eigenvalue weighted by Crippen LogP contribution is 2.31. The van der Waals surface area contributed by atoms with Crippen LogP contribution in [0.2, 0.25) is 5.02 Å². The predicted molar refractivity (Wildman–Crippen MR) is 165 cm³/mol. The van der Waals surface area contributed by atoms with Gasteiger partial charge in [-0.05, 0) is 86.6 Å². The van der Waals surface area contributed by atoms with Crippen molar-refractivity contribution < 1.29 is 18.3 Å². The zero-order chi connectivity index (χ0) is 30.0. The summed E-state index contributed by atoms with van der Waals surface area (Å²) in [6.45, 7) is 3.91. The Hall–Kier alpha value is -3.96. The normalized spacial score (nSPS) is 17.1. The molecule has 0 bridgehead atoms. The van der Waals surface area contributed by atoms with Gasteiger partial charge >= 0.3 is 6.09 Å². The minimum atomic E-state index is -3.90. The first kappa shape index (κ1) is 29.5. The van der Waals surface area contributed by atoms with E-state index in [2.05, 4.69) is 33.0 Å². The zero-order valence-electron chi connectivity index (χ0n) is 23.6. The molecule has 2 aromatic carbocycles. The summed E-state index contributed by atoms with van der Waals surface area (Å²) < 4.78 is 28.2. The van der Waals surface area contributed by atoms with Crippen molar-refractivity contribution in [2.45, 2.75) is 62.9 Å². The number of nitrogens with zero attached hydrogens (tertiary/aromatic N) is 4. The predicted octanol–water partition coefficient (Wildman–Crippen LogP) is 6.35. The first-order valence-corrected chi connectivity index (χ1v) is 15.7. The smallest absolute Gasteiger partial charge is 0.407 e. The van der Waals surface area contributed by atoms with Crippen molar-refractivity contribution in [1.82, 2.24) is 19.9 Å². The maximum Gasteiger partial charge on any atom is 0.407 e. The van der Waals surface area contributed by atoms with Gasteiger partial charge in [-0.1, -0.05) is 30.7 Å². The highest BCUT2D eigenvalue weighted by molar-refractivity contribution is 7.92. The maximum absolute atomic E-state index is 12.9. The SMILES string of the molecule is CCc1cc(-c2ccc(NS(=O)(=O)c3ccccc3Cl)nc2C)cc2cnc(NC3CCC(N(C)C(=O)O)CC3)nc12. The zero-order valence-corrected chi connectivity index (χ0v) is 25.2. The van der Waals surface area contributed by atoms with Crippen LogP contribution in [-0.2, 0) is 16.4 Å². The van der Waals surface area contributed by atoms with Crippen molar-refractivity contribution in [3.8, 4) is 11.1 Å². The highest BCUT2D eigenvalue weighted by Gasteiger charge is 2.27. The molecule has 1 aliphatic rings. The van der Waals surface area contributed by atoms with Gasteiger partial charge in [0.05, 0.1) is 10.5 Å². The largest absolute Gasteiger partial charge is 0.465 e. The Morgan fingerprint density at radius 3 is 2.50 bits per heavy atom. The van der Waals surface area contributed by atoms with Crippen molar-refractivity contribution in [2.24, 2.45) is 0 Å². The Labute approximate surface area is 250 Å². The van der Waals surface area contributed by atoms with Crippen LogP contribution >= 0.6 is 11.6 Å². The molecule has 0 atom stereocenters. The Bertz CT molecular complexity index is 1740. The van der Waals surface area contributed by atoms with Crippen molar-refractivity contribution in [1.29, 1.82) is 0 Å². The molecule has 0 radical (unpaired) electrons. The Balaban J connectivity index is 1.35. The summed E-state index contributed by atoms with van der Waals surface area (Å²) >= 11 is 6.10. The molecule has 10 nitrogen and oxygen atoms in total. The van der Waals surface area contributed by atoms with E-state index >= 15 is 0 Å². The van der Waals surface area contributed by atoms with Crippen molar-refractivity contribution >= 4 is 50.4 Å². The van der Waals surface area contributed by atoms with Gasteiger partial charge in [-0.2, -0.15) is 0 Å². The number of aromatic nitrogens is 3. The summed E-state index contributed by atoms with van der Waals surface area (Å²) in [5, 5.41) is 13.7. The quantitative estimate of drug-likeness (QED) is 0.210. The average molecular weight is 609 g/mol. The molecule has 4 aromatic rings. The van der Waals surface area contributed by atoms with E-state index in [1.807, 2.05) is 25.3 Å². The molecule has 1 fully saturated rings. The Kier molecular flexibility index (Phi) is 8.51. The molecule has 0 spiro atoms. The summed E-state index contributed by atoms with van der Waals surface area (Å²) in [7, 11) is -2.27. The van der Waals surface area contributed by atoms with Gasteiger partial charge in [0.1, 0.15) is 10.7 Å². The number of carboxylic acid groups (broad SMARTS) is 1. The molecule has 0 saturated heterocycles. The molecule has 0 aliphatic heterocycles. The van der Waals surface area contributed by atoms with Gasteiger partial charge in [0, 0.05) is 42.0 Å². The highest BCUT2D eigenvalue weighted by atomic mass is 35.5. The molecule has 1 amide bonds. The first-order chi connectivity index (χ1) is 20.1. The number of pyridine rings is 1. The fourth-order valence-corrected chi connectivity index (χ4v) is 6.96. The lowest BCUT2D eigenvalue weighted by Gasteiger charge is -2.33. The monoisotopic (exact) mass is 608 g/mol. The van der Waals surface area contributed by atoms with Crippen molar-refractivity contribution in [3.63, 3.8) is 0 Å². The molecule has 1 aliphatic carbocycles. The number of aryl methyl sites for hydroxylation is 2. The number of hydrogen-bond donors (Lipinski definition) is 3. The van der Waals surface area contributed by atoms with E-state index in [4.69, 9.17) is 16.6 Å². The summed E-state index contributed by atoms with van der Waals surface area (Å²) in [6, 6.07) is 14.1. The topological polar surface area (TPSA) is 137 Å². The molecule has 42 heavy (non-hydrogen) atoms. The van der Waals surface area contributed by atoms with Crippen LogP contribution in [0.25, 0.3) is 22.0 Å². The lowest BCUT2D eigenvalue weighted by molar-refractivity contribution is 0.125. The lowest BCUT2D eigenvalue weighted by atomic mass is 9.90. The van der Waals surface area contributed by atoms with Crippen LogP contribution in [0, 0.1) is 6.92 Å². The van der Waals surface area contributed by atoms with E-state index in [1.54, 1.807) is 25.2 Å². The fourth-order valence-electron chi connectivity index (χ4n) is 5.44. The minimum Gasteiger partial charge on any atom is -0.465 e. The van der Waals surface area contributed by atoms with E-state index in [1.165, 1.54) is 17.0 Å². The molecule has 1 saturated carbocycles. The molecule has 220 valence electrons. The summed E-state index contributed by atoms with van der Waals surface area (Å²) in [4.78, 5) is 26.6. The van der Waals surface area contributed by atoms with Gasteiger partial charge in [0.2, 0.25) is 5.95 Å². The number of benzene rings is 2. The van der Waals surface area contributed by atoms with Crippen molar-refractivity contribution in [2.75, 3.05) is 17.1 Å². The van der Waals surface area contributed by atoms with Crippen LogP contribution in [0.15, 0.2) is 59.6 Å². The Morgan fingerprint density at radius 1 is 1.10 bits per heavy atom. The van der Waals surface area contributed by atoms with E-state index in [-0.39, 0.29) is 27.8 Å². The summed E-state index contributed by atoms with van der Waals surface area (Å²) in [5.74, 6) is 0.767. The molecule has 2 aromatic heterocycles. The molecule has 3 N–H and O–H groups in total. The number of rotatable bonds is 8. The van der Waals surface area contributed by atoms with E-state index < -0.39 is 16.1 Å². The van der Waals surface area contributed by atoms with Crippen LogP contribution < -0.4 is 10.0 Å². The molecule has 2 heterocycles. The third-order valence-electron chi connectivity index (χ3n) is 7.78. The van der Waals surface area contributed by atoms with Gasteiger partial charge in [0.25, 0.3) is 10.0 Å². The van der Waals surface area contributed by atoms with Crippen LogP contribution in [0.5, 0.6) is 0 Å². The van der Waals surface area contributed by atoms with E-state index in [9.17, 15) is 18.3 Å². The second-order valence-corrected chi connectivity index (χ2v) is 12.6. The standard InChI is InChI=1S/C30H33ClN6O4S/c1-4-19-15-20(24-13-14-27(33-18(24)2)36-42(40,41)26-8-6-5-7-25(26)31)16-21-17-32-29(35-28(19)21)34-22-9-11-23(12-10-22)37(3)30(38)39/h5-8,13-17,22-23H,4,9-12H2,1-3H3,(H,33,36)(H,38,39)(H,32,34,35). The third-order valence-corrected chi connectivity index (χ3v) is 9.64. The number of nitrogens with one attached hydrogen (secondary N) is 2. The summed E-state index contributed by atoms with van der Waals surface area (Å²) in [6.07, 6.45) is 4.97. The number of amides is 1. The van der Waals surface area contributed by atoms with Crippen LogP contribution in [-0.4, -0.2) is 58.6 Å². The third kappa shape index (κ3) is 6.27. The minimum absolute atomic E-state index is 0.00959. The number of sulfonamides is 1. The second-order valence-electron chi connectivity index (χ2n) is 10.5. The molecule has 12 heteroatoms. The molecular formula is C30H33ClN6O4S. The van der Waals surface area contributed by atoms with Crippen LogP contribution in [0.4, 0.5) is 16.6 Å². The number of halogens is 1. The lowest BCUT2D eigenvalue weighted by Crippen LogP contribution is -2.41. The number of hydrogen-bond acceptors (Lipinski definition) is 7. The Morgan fingerprint density at radius 2 is 1.83 bits per heavy atom. The van der Waals surface area contributed by atoms with Gasteiger partial charge in [-0.25, -0.2) is 28.2 Å². The van der Waals surface area contributed by atoms with E-state index in [0.717, 1.165) is 59.7 Å². The van der Waals surface area contributed by atoms with Crippen LogP contribution in [0.3, 0.4) is 0 Å². The molecule has 0 unspecified atom stereocenters. The van der Waals surface area contributed by atoms with Gasteiger partial charge < -0.3 is 15.3 Å². The van der Waals surface area contributed by atoms with E-state index in [0.29, 0.717) is 11.6 Å². The first-order valence-electron chi connectivity index (χ1n) is 13.8. The van der Waals surface area contributed by atoms with Crippen LogP contribution in [0.1, 0.15) is 43.9 Å². The molecular weight excluding hydrogens is 576 g/mol. The summed E-state index contributed by atoms with van der Waals surface area (Å²) in [5.41, 5.74) is 4.40. The van der Waals surface area contributed by atoms with Crippen molar-refractivity contribution in [3.05, 3.63) is 71.0 Å². The number of anilines is 2. The van der Waals surface area contributed by atoms with Gasteiger partial charge in [-0.15, -0.1) is 0 Å². The fraction of sp³-hybridized carbons (Fsp3) is 0.333. The number of fused-ring (bicyclic) bond motifs is 1. The van der Waals surface area contributed by atoms with Gasteiger partial charge in [0.15, 0.2) is 0 Å². The molecule has 5 rings (SSSR count). The maximum atomic E-state index is 12.9. The number of carbonyl (C=O) groups is 1. The van der Waals surface area contributed by atoms with Gasteiger partial charge in [-0.3, -0.25) is 4.72 Å².